The first kappa shape index (κ1) is 13.4. The molecule has 0 bridgehead atoms. The summed E-state index contributed by atoms with van der Waals surface area (Å²) in [4.78, 5) is 16.1. The van der Waals surface area contributed by atoms with E-state index in [-0.39, 0.29) is 18.0 Å². The number of nitrogens with two attached hydrogens (primary N) is 1. The molecule has 0 spiro atoms. The van der Waals surface area contributed by atoms with Crippen LogP contribution in [0.25, 0.3) is 0 Å². The molecule has 1 aliphatic heterocycles. The molecule has 0 saturated heterocycles. The Hall–Kier alpha value is -2.57. The van der Waals surface area contributed by atoms with Crippen LogP contribution in [0.5, 0.6) is 5.75 Å². The summed E-state index contributed by atoms with van der Waals surface area (Å²) in [5, 5.41) is 7.39. The number of hydrogen-bond donors (Lipinski definition) is 2. The molecule has 0 saturated carbocycles. The minimum Gasteiger partial charge on any atom is -0.497 e. The highest BCUT2D eigenvalue weighted by atomic mass is 16.5. The first-order valence-electron chi connectivity index (χ1n) is 6.71. The molecule has 7 nitrogen and oxygen atoms in total. The molecule has 1 aliphatic rings. The van der Waals surface area contributed by atoms with E-state index in [9.17, 15) is 4.79 Å². The molecule has 1 aromatic heterocycles. The van der Waals surface area contributed by atoms with Crippen LogP contribution in [-0.2, 0) is 4.79 Å². The van der Waals surface area contributed by atoms with E-state index < -0.39 is 5.92 Å². The van der Waals surface area contributed by atoms with E-state index in [1.165, 1.54) is 6.33 Å². The molecule has 21 heavy (non-hydrogen) atoms. The summed E-state index contributed by atoms with van der Waals surface area (Å²) in [6.07, 6.45) is 1.46. The summed E-state index contributed by atoms with van der Waals surface area (Å²) in [6.45, 7) is 1.92. The Balaban J connectivity index is 2.13. The molecule has 7 heteroatoms. The van der Waals surface area contributed by atoms with E-state index in [0.29, 0.717) is 5.95 Å². The third kappa shape index (κ3) is 2.20. The van der Waals surface area contributed by atoms with Crippen molar-refractivity contribution in [2.45, 2.75) is 19.0 Å². The molecule has 0 fully saturated rings. The molecule has 2 aromatic rings. The Labute approximate surface area is 122 Å². The number of carbonyl (C=O) groups excluding carboxylic acids is 1. The molecule has 0 radical (unpaired) electrons. The van der Waals surface area contributed by atoms with Gasteiger partial charge in [0.05, 0.1) is 19.1 Å². The van der Waals surface area contributed by atoms with Crippen molar-refractivity contribution in [3.63, 3.8) is 0 Å². The number of ether oxygens (including phenoxy) is 1. The number of methoxy groups -OCH3 is 1. The van der Waals surface area contributed by atoms with Gasteiger partial charge < -0.3 is 15.8 Å². The van der Waals surface area contributed by atoms with Gasteiger partial charge in [0.25, 0.3) is 0 Å². The predicted octanol–water partition coefficient (Wildman–Crippen LogP) is 0.792. The van der Waals surface area contributed by atoms with Gasteiger partial charge in [-0.1, -0.05) is 12.1 Å². The van der Waals surface area contributed by atoms with E-state index in [0.717, 1.165) is 11.3 Å². The van der Waals surface area contributed by atoms with Gasteiger partial charge in [0, 0.05) is 6.04 Å². The average molecular weight is 287 g/mol. The van der Waals surface area contributed by atoms with Gasteiger partial charge in [-0.25, -0.2) is 4.68 Å². The molecule has 3 atom stereocenters. The Morgan fingerprint density at radius 3 is 3.00 bits per heavy atom. The van der Waals surface area contributed by atoms with Crippen LogP contribution in [0, 0.1) is 5.92 Å². The second-order valence-corrected chi connectivity index (χ2v) is 5.11. The van der Waals surface area contributed by atoms with Gasteiger partial charge in [0.15, 0.2) is 0 Å². The highest BCUT2D eigenvalue weighted by Gasteiger charge is 2.40. The molecule has 1 aromatic carbocycles. The van der Waals surface area contributed by atoms with Crippen LogP contribution >= 0.6 is 0 Å². The Kier molecular flexibility index (Phi) is 3.25. The van der Waals surface area contributed by atoms with Crippen LogP contribution in [-0.4, -0.2) is 33.8 Å². The summed E-state index contributed by atoms with van der Waals surface area (Å²) in [7, 11) is 1.61. The predicted molar refractivity (Wildman–Crippen MR) is 76.9 cm³/mol. The number of hydrogen-bond acceptors (Lipinski definition) is 5. The standard InChI is InChI=1S/C14H17N5O2/c1-8-11(13(15)20)12(19-14(18-8)16-7-17-19)9-4-3-5-10(6-9)21-2/h3-8,11-12H,1-2H3,(H2,15,20)(H,16,17,18)/t8-,11-,12+/m1/s1. The molecular weight excluding hydrogens is 270 g/mol. The maximum Gasteiger partial charge on any atom is 0.225 e. The number of aromatic nitrogens is 3. The monoisotopic (exact) mass is 287 g/mol. The van der Waals surface area contributed by atoms with Crippen molar-refractivity contribution in [3.8, 4) is 5.75 Å². The smallest absolute Gasteiger partial charge is 0.225 e. The number of rotatable bonds is 3. The zero-order valence-corrected chi connectivity index (χ0v) is 11.9. The number of fused-ring (bicyclic) bond motifs is 1. The number of benzene rings is 1. The lowest BCUT2D eigenvalue weighted by molar-refractivity contribution is -0.123. The Morgan fingerprint density at radius 1 is 1.48 bits per heavy atom. The van der Waals surface area contributed by atoms with Crippen LogP contribution in [0.1, 0.15) is 18.5 Å². The van der Waals surface area contributed by atoms with E-state index in [2.05, 4.69) is 15.4 Å². The first-order valence-corrected chi connectivity index (χ1v) is 6.71. The summed E-state index contributed by atoms with van der Waals surface area (Å²) in [6, 6.07) is 7.14. The Bertz CT molecular complexity index is 669. The van der Waals surface area contributed by atoms with Crippen LogP contribution in [0.15, 0.2) is 30.6 Å². The summed E-state index contributed by atoms with van der Waals surface area (Å²) >= 11 is 0. The number of primary amides is 1. The van der Waals surface area contributed by atoms with E-state index in [1.807, 2.05) is 31.2 Å². The van der Waals surface area contributed by atoms with E-state index in [1.54, 1.807) is 11.8 Å². The molecule has 110 valence electrons. The largest absolute Gasteiger partial charge is 0.497 e. The fourth-order valence-electron chi connectivity index (χ4n) is 2.85. The number of nitrogens with zero attached hydrogens (tertiary/aromatic N) is 3. The van der Waals surface area contributed by atoms with Crippen molar-refractivity contribution in [2.75, 3.05) is 12.4 Å². The van der Waals surface area contributed by atoms with Crippen molar-refractivity contribution in [1.82, 2.24) is 14.8 Å². The zero-order valence-electron chi connectivity index (χ0n) is 11.9. The quantitative estimate of drug-likeness (QED) is 0.870. The number of carbonyl (C=O) groups is 1. The molecule has 0 unspecified atom stereocenters. The normalized spacial score (nSPS) is 24.0. The van der Waals surface area contributed by atoms with E-state index in [4.69, 9.17) is 10.5 Å². The van der Waals surface area contributed by atoms with Gasteiger partial charge >= 0.3 is 0 Å². The lowest BCUT2D eigenvalue weighted by atomic mass is 9.85. The lowest BCUT2D eigenvalue weighted by Gasteiger charge is -2.36. The van der Waals surface area contributed by atoms with Crippen molar-refractivity contribution < 1.29 is 9.53 Å². The van der Waals surface area contributed by atoms with Crippen LogP contribution in [0.2, 0.25) is 0 Å². The molecule has 3 N–H and O–H groups in total. The van der Waals surface area contributed by atoms with Gasteiger partial charge in [-0.2, -0.15) is 10.1 Å². The zero-order chi connectivity index (χ0) is 15.0. The summed E-state index contributed by atoms with van der Waals surface area (Å²) in [5.74, 6) is 0.562. The van der Waals surface area contributed by atoms with Crippen molar-refractivity contribution in [2.24, 2.45) is 11.7 Å². The molecule has 0 aliphatic carbocycles. The maximum absolute atomic E-state index is 11.9. The SMILES string of the molecule is COc1cccc([C@H]2[C@H](C(N)=O)[C@@H](C)Nc3ncnn32)c1. The molecule has 2 heterocycles. The topological polar surface area (TPSA) is 95.1 Å². The maximum atomic E-state index is 11.9. The van der Waals surface area contributed by atoms with Crippen LogP contribution in [0.4, 0.5) is 5.95 Å². The fourth-order valence-corrected chi connectivity index (χ4v) is 2.85. The molecule has 3 rings (SSSR count). The second kappa shape index (κ2) is 5.08. The second-order valence-electron chi connectivity index (χ2n) is 5.11. The number of amides is 1. The first-order chi connectivity index (χ1) is 10.1. The summed E-state index contributed by atoms with van der Waals surface area (Å²) in [5.41, 5.74) is 6.53. The highest BCUT2D eigenvalue weighted by molar-refractivity contribution is 5.79. The average Bonchev–Trinajstić information content (AvgIpc) is 2.93. The van der Waals surface area contributed by atoms with Crippen LogP contribution in [0.3, 0.4) is 0 Å². The van der Waals surface area contributed by atoms with Gasteiger partial charge in [0.2, 0.25) is 11.9 Å². The Morgan fingerprint density at radius 2 is 2.29 bits per heavy atom. The molecular formula is C14H17N5O2. The number of anilines is 1. The lowest BCUT2D eigenvalue weighted by Crippen LogP contribution is -2.47. The highest BCUT2D eigenvalue weighted by Crippen LogP contribution is 2.36. The van der Waals surface area contributed by atoms with Crippen LogP contribution < -0.4 is 15.8 Å². The third-order valence-corrected chi connectivity index (χ3v) is 3.84. The van der Waals surface area contributed by atoms with Crippen molar-refractivity contribution >= 4 is 11.9 Å². The minimum atomic E-state index is -0.425. The van der Waals surface area contributed by atoms with Gasteiger partial charge in [0.1, 0.15) is 12.1 Å². The van der Waals surface area contributed by atoms with Gasteiger partial charge in [-0.05, 0) is 24.6 Å². The number of nitrogens with one attached hydrogen (secondary N) is 1. The van der Waals surface area contributed by atoms with E-state index >= 15 is 0 Å². The van der Waals surface area contributed by atoms with Gasteiger partial charge in [-0.3, -0.25) is 4.79 Å². The third-order valence-electron chi connectivity index (χ3n) is 3.84. The fraction of sp³-hybridized carbons (Fsp3) is 0.357. The summed E-state index contributed by atoms with van der Waals surface area (Å²) < 4.78 is 6.96. The minimum absolute atomic E-state index is 0.129. The van der Waals surface area contributed by atoms with Gasteiger partial charge in [-0.15, -0.1) is 0 Å². The molecule has 1 amide bonds. The van der Waals surface area contributed by atoms with Crippen molar-refractivity contribution in [3.05, 3.63) is 36.2 Å². The van der Waals surface area contributed by atoms with Crippen molar-refractivity contribution in [1.29, 1.82) is 0 Å².